The van der Waals surface area contributed by atoms with E-state index in [0.29, 0.717) is 22.1 Å². The summed E-state index contributed by atoms with van der Waals surface area (Å²) < 4.78 is 0. The van der Waals surface area contributed by atoms with Gasteiger partial charge in [0.2, 0.25) is 0 Å². The molecule has 1 amide bonds. The molecule has 0 spiro atoms. The van der Waals surface area contributed by atoms with Crippen molar-refractivity contribution >= 4 is 40.7 Å². The molecule has 0 radical (unpaired) electrons. The third kappa shape index (κ3) is 3.93. The van der Waals surface area contributed by atoms with E-state index in [9.17, 15) is 14.9 Å². The quantitative estimate of drug-likeness (QED) is 0.376. The van der Waals surface area contributed by atoms with Gasteiger partial charge >= 0.3 is 0 Å². The minimum absolute atomic E-state index is 0.00485. The molecule has 1 N–H and O–H groups in total. The smallest absolute Gasteiger partial charge is 0.281 e. The molecule has 1 heterocycles. The largest absolute Gasteiger partial charge is 0.327 e. The van der Waals surface area contributed by atoms with Crippen LogP contribution in [0.3, 0.4) is 0 Å². The monoisotopic (exact) mass is 379 g/mol. The topological polar surface area (TPSA) is 75.5 Å². The third-order valence-electron chi connectivity index (χ3n) is 4.01. The summed E-state index contributed by atoms with van der Waals surface area (Å²) in [5.41, 5.74) is 3.56. The number of carbonyl (C=O) groups excluding carboxylic acids is 1. The maximum atomic E-state index is 12.7. The van der Waals surface area contributed by atoms with Gasteiger partial charge < -0.3 is 5.32 Å². The normalized spacial score (nSPS) is 15.6. The number of nitro benzene ring substituents is 1. The highest BCUT2D eigenvalue weighted by atomic mass is 32.1. The van der Waals surface area contributed by atoms with Crippen molar-refractivity contribution in [2.24, 2.45) is 0 Å². The molecule has 136 valence electrons. The fourth-order valence-electron chi connectivity index (χ4n) is 2.91. The van der Waals surface area contributed by atoms with Crippen LogP contribution in [-0.2, 0) is 4.79 Å². The first-order chi connectivity index (χ1) is 12.9. The van der Waals surface area contributed by atoms with E-state index in [0.717, 1.165) is 11.1 Å². The number of amides is 1. The lowest BCUT2D eigenvalue weighted by atomic mass is 10.1. The Bertz CT molecular complexity index is 991. The van der Waals surface area contributed by atoms with Crippen molar-refractivity contribution in [2.75, 3.05) is 4.90 Å². The van der Waals surface area contributed by atoms with Crippen molar-refractivity contribution in [2.45, 2.75) is 13.8 Å². The number of hydrogen-bond acceptors (Lipinski definition) is 4. The lowest BCUT2D eigenvalue weighted by Gasteiger charge is -2.15. The number of allylic oxidation sites excluding steroid dienone is 2. The number of hydrogen-bond donors (Lipinski definition) is 1. The molecule has 0 bridgehead atoms. The second kappa shape index (κ2) is 7.51. The van der Waals surface area contributed by atoms with Gasteiger partial charge in [-0.25, -0.2) is 0 Å². The van der Waals surface area contributed by atoms with Crippen LogP contribution in [0.2, 0.25) is 0 Å². The number of nitrogens with zero attached hydrogens (tertiary/aromatic N) is 2. The number of rotatable bonds is 4. The Hall–Kier alpha value is -3.32. The van der Waals surface area contributed by atoms with Crippen LogP contribution >= 0.6 is 12.2 Å². The van der Waals surface area contributed by atoms with Gasteiger partial charge in [0.05, 0.1) is 16.2 Å². The first-order valence-corrected chi connectivity index (χ1v) is 8.63. The van der Waals surface area contributed by atoms with Crippen LogP contribution in [0.5, 0.6) is 0 Å². The summed E-state index contributed by atoms with van der Waals surface area (Å²) in [5.74, 6) is -0.266. The van der Waals surface area contributed by atoms with Crippen LogP contribution < -0.4 is 10.2 Å². The van der Waals surface area contributed by atoms with Gasteiger partial charge in [-0.05, 0) is 67.5 Å². The van der Waals surface area contributed by atoms with Crippen molar-refractivity contribution in [3.63, 3.8) is 0 Å². The predicted molar refractivity (Wildman–Crippen MR) is 109 cm³/mol. The Balaban J connectivity index is 1.86. The molecule has 0 aromatic heterocycles. The molecule has 0 saturated carbocycles. The summed E-state index contributed by atoms with van der Waals surface area (Å²) in [5, 5.41) is 14.3. The van der Waals surface area contributed by atoms with Gasteiger partial charge in [-0.2, -0.15) is 0 Å². The van der Waals surface area contributed by atoms with Gasteiger partial charge in [0.15, 0.2) is 5.11 Å². The molecular weight excluding hydrogens is 362 g/mol. The first-order valence-electron chi connectivity index (χ1n) is 8.22. The zero-order chi connectivity index (χ0) is 19.6. The van der Waals surface area contributed by atoms with Crippen LogP contribution in [0.15, 0.2) is 60.3 Å². The summed E-state index contributed by atoms with van der Waals surface area (Å²) in [6.07, 6.45) is 4.74. The number of aryl methyl sites for hydroxylation is 2. The van der Waals surface area contributed by atoms with E-state index in [-0.39, 0.29) is 11.6 Å². The van der Waals surface area contributed by atoms with Crippen molar-refractivity contribution < 1.29 is 9.72 Å². The highest BCUT2D eigenvalue weighted by Gasteiger charge is 2.31. The molecule has 1 aliphatic heterocycles. The maximum absolute atomic E-state index is 12.7. The Morgan fingerprint density at radius 1 is 1.15 bits per heavy atom. The zero-order valence-electron chi connectivity index (χ0n) is 14.8. The van der Waals surface area contributed by atoms with Gasteiger partial charge in [-0.15, -0.1) is 0 Å². The first kappa shape index (κ1) is 18.5. The lowest BCUT2D eigenvalue weighted by Crippen LogP contribution is -2.30. The summed E-state index contributed by atoms with van der Waals surface area (Å²) in [7, 11) is 0. The number of carbonyl (C=O) groups is 1. The number of anilines is 1. The number of nitro groups is 1. The molecule has 1 fully saturated rings. The Morgan fingerprint density at radius 3 is 2.48 bits per heavy atom. The second-order valence-electron chi connectivity index (χ2n) is 6.17. The molecule has 1 aliphatic rings. The zero-order valence-corrected chi connectivity index (χ0v) is 15.6. The average Bonchev–Trinajstić information content (AvgIpc) is 2.88. The average molecular weight is 379 g/mol. The minimum atomic E-state index is -0.442. The van der Waals surface area contributed by atoms with E-state index >= 15 is 0 Å². The van der Waals surface area contributed by atoms with E-state index in [4.69, 9.17) is 12.2 Å². The molecular formula is C20H17N3O3S. The fraction of sp³-hybridized carbons (Fsp3) is 0.100. The number of para-hydroxylation sites is 1. The Labute approximate surface area is 162 Å². The third-order valence-corrected chi connectivity index (χ3v) is 4.30. The lowest BCUT2D eigenvalue weighted by molar-refractivity contribution is -0.385. The summed E-state index contributed by atoms with van der Waals surface area (Å²) in [4.78, 5) is 24.8. The van der Waals surface area contributed by atoms with Gasteiger partial charge in [0, 0.05) is 6.07 Å². The van der Waals surface area contributed by atoms with Crippen LogP contribution in [0, 0.1) is 24.0 Å². The summed E-state index contributed by atoms with van der Waals surface area (Å²) >= 11 is 5.30. The summed E-state index contributed by atoms with van der Waals surface area (Å²) in [6, 6.07) is 12.2. The van der Waals surface area contributed by atoms with Crippen LogP contribution in [0.25, 0.3) is 6.08 Å². The standard InChI is InChI=1S/C20H17N3O3S/c1-13-10-14(2)12-16(11-13)22-19(24)17(21-20(22)27)8-5-7-15-6-3-4-9-18(15)23(25)26/h3-12H,1-2H3,(H,21,27)/b7-5+,17-8+. The molecule has 0 atom stereocenters. The molecule has 2 aromatic carbocycles. The second-order valence-corrected chi connectivity index (χ2v) is 6.56. The highest BCUT2D eigenvalue weighted by molar-refractivity contribution is 7.80. The number of benzene rings is 2. The highest BCUT2D eigenvalue weighted by Crippen LogP contribution is 2.24. The van der Waals surface area contributed by atoms with E-state index in [1.165, 1.54) is 11.0 Å². The Morgan fingerprint density at radius 2 is 1.81 bits per heavy atom. The molecule has 27 heavy (non-hydrogen) atoms. The molecule has 0 unspecified atom stereocenters. The van der Waals surface area contributed by atoms with Gasteiger partial charge in [-0.1, -0.05) is 24.3 Å². The van der Waals surface area contributed by atoms with Gasteiger partial charge in [0.25, 0.3) is 11.6 Å². The molecule has 1 saturated heterocycles. The molecule has 0 aliphatic carbocycles. The predicted octanol–water partition coefficient (Wildman–Crippen LogP) is 4.03. The van der Waals surface area contributed by atoms with Crippen molar-refractivity contribution in [1.29, 1.82) is 0 Å². The van der Waals surface area contributed by atoms with E-state index in [2.05, 4.69) is 5.32 Å². The Kier molecular flexibility index (Phi) is 5.14. The minimum Gasteiger partial charge on any atom is -0.327 e. The van der Waals surface area contributed by atoms with E-state index < -0.39 is 4.92 Å². The van der Waals surface area contributed by atoms with E-state index in [1.807, 2.05) is 32.0 Å². The number of thiocarbonyl (C=S) groups is 1. The molecule has 6 nitrogen and oxygen atoms in total. The van der Waals surface area contributed by atoms with Crippen molar-refractivity contribution in [3.05, 3.63) is 87.1 Å². The van der Waals surface area contributed by atoms with E-state index in [1.54, 1.807) is 36.4 Å². The van der Waals surface area contributed by atoms with Crippen LogP contribution in [0.1, 0.15) is 16.7 Å². The molecule has 2 aromatic rings. The molecule has 3 rings (SSSR count). The van der Waals surface area contributed by atoms with Crippen LogP contribution in [-0.4, -0.2) is 15.9 Å². The van der Waals surface area contributed by atoms with Crippen LogP contribution in [0.4, 0.5) is 11.4 Å². The van der Waals surface area contributed by atoms with Crippen molar-refractivity contribution in [3.8, 4) is 0 Å². The van der Waals surface area contributed by atoms with Gasteiger partial charge in [0.1, 0.15) is 5.70 Å². The number of nitrogens with one attached hydrogen (secondary N) is 1. The van der Waals surface area contributed by atoms with Gasteiger partial charge in [-0.3, -0.25) is 19.8 Å². The van der Waals surface area contributed by atoms with Crippen molar-refractivity contribution in [1.82, 2.24) is 5.32 Å². The fourth-order valence-corrected chi connectivity index (χ4v) is 3.21. The molecule has 7 heteroatoms. The maximum Gasteiger partial charge on any atom is 0.281 e. The SMILES string of the molecule is Cc1cc(C)cc(N2C(=O)/C(=C\C=C\c3ccccc3[N+](=O)[O-])NC2=S)c1. The summed E-state index contributed by atoms with van der Waals surface area (Å²) in [6.45, 7) is 3.92.